The number of aryl methyl sites for hydroxylation is 1. The Morgan fingerprint density at radius 3 is 2.48 bits per heavy atom. The number of aliphatic hydroxyl groups is 1. The van der Waals surface area contributed by atoms with Crippen LogP contribution in [0.1, 0.15) is 65.5 Å². The zero-order valence-electron chi connectivity index (χ0n) is 25.8. The third-order valence-corrected chi connectivity index (χ3v) is 9.87. The van der Waals surface area contributed by atoms with Gasteiger partial charge in [0.15, 0.2) is 9.84 Å². The lowest BCUT2D eigenvalue weighted by molar-refractivity contribution is -0.138. The van der Waals surface area contributed by atoms with Crippen LogP contribution in [0.15, 0.2) is 48.5 Å². The van der Waals surface area contributed by atoms with E-state index in [1.54, 1.807) is 31.2 Å². The predicted molar refractivity (Wildman–Crippen MR) is 169 cm³/mol. The molecule has 13 heteroatoms. The van der Waals surface area contributed by atoms with Gasteiger partial charge in [-0.25, -0.2) is 17.2 Å². The number of unbranched alkanes of at least 4 members (excludes halogenated alkanes) is 1. The van der Waals surface area contributed by atoms with Gasteiger partial charge in [0, 0.05) is 24.2 Å². The highest BCUT2D eigenvalue weighted by Gasteiger charge is 2.53. The van der Waals surface area contributed by atoms with Gasteiger partial charge in [-0.05, 0) is 74.1 Å². The van der Waals surface area contributed by atoms with Crippen molar-refractivity contribution in [3.05, 3.63) is 88.2 Å². The highest BCUT2D eigenvalue weighted by atomic mass is 32.2. The minimum absolute atomic E-state index is 0.0417. The smallest absolute Gasteiger partial charge is 0.269 e. The van der Waals surface area contributed by atoms with E-state index in [1.807, 2.05) is 6.92 Å². The van der Waals surface area contributed by atoms with Crippen molar-refractivity contribution >= 4 is 21.7 Å². The average Bonchev–Trinajstić information content (AvgIpc) is 3.69. The molecule has 3 aromatic rings. The first-order valence-electron chi connectivity index (χ1n) is 15.1. The molecule has 0 saturated heterocycles. The Morgan fingerprint density at radius 1 is 1.20 bits per heavy atom. The molecule has 4 rings (SSSR count). The number of carbonyl (C=O) groups is 2. The van der Waals surface area contributed by atoms with E-state index in [0.717, 1.165) is 18.2 Å². The molecule has 0 spiro atoms. The van der Waals surface area contributed by atoms with Gasteiger partial charge in [-0.1, -0.05) is 31.4 Å². The Morgan fingerprint density at radius 2 is 1.89 bits per heavy atom. The van der Waals surface area contributed by atoms with E-state index in [9.17, 15) is 31.9 Å². The Kier molecular flexibility index (Phi) is 11.0. The summed E-state index contributed by atoms with van der Waals surface area (Å²) in [7, 11) is -3.81. The van der Waals surface area contributed by atoms with Crippen LogP contribution in [0.5, 0.6) is 0 Å². The quantitative estimate of drug-likeness (QED) is 0.183. The topological polar surface area (TPSA) is 158 Å². The van der Waals surface area contributed by atoms with Gasteiger partial charge in [-0.2, -0.15) is 5.10 Å². The van der Waals surface area contributed by atoms with Gasteiger partial charge in [0.05, 0.1) is 28.8 Å². The second-order valence-corrected chi connectivity index (χ2v) is 14.1. The van der Waals surface area contributed by atoms with Crippen LogP contribution >= 0.6 is 0 Å². The summed E-state index contributed by atoms with van der Waals surface area (Å²) in [6.45, 7) is 3.14. The van der Waals surface area contributed by atoms with Crippen molar-refractivity contribution in [2.45, 2.75) is 69.7 Å². The molecule has 0 radical (unpaired) electrons. The van der Waals surface area contributed by atoms with Crippen molar-refractivity contribution in [2.24, 2.45) is 5.73 Å². The molecule has 1 saturated carbocycles. The number of nitrogens with zero attached hydrogens (tertiary/aromatic N) is 2. The zero-order valence-corrected chi connectivity index (χ0v) is 26.6. The molecule has 3 atom stereocenters. The molecule has 246 valence electrons. The normalized spacial score (nSPS) is 15.8. The minimum atomic E-state index is -3.81. The fourth-order valence-corrected chi connectivity index (χ4v) is 7.13. The molecular weight excluding hydrogens is 616 g/mol. The molecular formula is C33H39F2N5O5S. The summed E-state index contributed by atoms with van der Waals surface area (Å²) in [5, 5.41) is 20.4. The molecule has 1 heterocycles. The Labute approximate surface area is 267 Å². The first-order valence-corrected chi connectivity index (χ1v) is 16.9. The number of nitrogens with one attached hydrogen (secondary N) is 2. The van der Waals surface area contributed by atoms with Gasteiger partial charge < -0.3 is 21.1 Å². The third-order valence-electron chi connectivity index (χ3n) is 8.11. The third kappa shape index (κ3) is 8.57. The highest BCUT2D eigenvalue weighted by molar-refractivity contribution is 7.91. The zero-order chi connectivity index (χ0) is 33.6. The first-order chi connectivity index (χ1) is 21.8. The van der Waals surface area contributed by atoms with Crippen molar-refractivity contribution in [1.82, 2.24) is 20.4 Å². The van der Waals surface area contributed by atoms with Gasteiger partial charge in [0.2, 0.25) is 5.91 Å². The molecule has 10 nitrogen and oxygen atoms in total. The SMILES string of the molecule is C#Cc1cccc(C2(N(C[C@@H](O)[C@@H](N)Cc3cc(F)cc(F)c3)C(=O)[C@@H](CS(=O)(=O)CCCC)NC(=O)c3cc(C)n[nH]3)CC2)c1. The lowest BCUT2D eigenvalue weighted by Crippen LogP contribution is -2.58. The number of sulfone groups is 1. The predicted octanol–water partition coefficient (Wildman–Crippen LogP) is 2.74. The van der Waals surface area contributed by atoms with Crippen molar-refractivity contribution < 1.29 is 31.9 Å². The number of terminal acetylenes is 1. The summed E-state index contributed by atoms with van der Waals surface area (Å²) in [5.74, 6) is -1.35. The van der Waals surface area contributed by atoms with Crippen LogP contribution in [0.3, 0.4) is 0 Å². The van der Waals surface area contributed by atoms with Crippen LogP contribution in [0.4, 0.5) is 8.78 Å². The average molecular weight is 656 g/mol. The second kappa shape index (κ2) is 14.5. The number of halogens is 2. The monoisotopic (exact) mass is 655 g/mol. The van der Waals surface area contributed by atoms with Gasteiger partial charge in [-0.3, -0.25) is 14.7 Å². The number of aromatic amines is 1. The summed E-state index contributed by atoms with van der Waals surface area (Å²) in [5.41, 5.74) is 7.33. The van der Waals surface area contributed by atoms with E-state index in [1.165, 1.54) is 11.0 Å². The summed E-state index contributed by atoms with van der Waals surface area (Å²) in [6, 6.07) is 8.82. The second-order valence-electron chi connectivity index (χ2n) is 11.8. The molecule has 0 bridgehead atoms. The van der Waals surface area contributed by atoms with Crippen LogP contribution in [-0.2, 0) is 26.6 Å². The molecule has 0 unspecified atom stereocenters. The fourth-order valence-electron chi connectivity index (χ4n) is 5.50. The number of nitrogens with two attached hydrogens (primary N) is 1. The number of aromatic nitrogens is 2. The number of aliphatic hydroxyl groups excluding tert-OH is 1. The Bertz CT molecular complexity index is 1700. The Balaban J connectivity index is 1.71. The lowest BCUT2D eigenvalue weighted by Gasteiger charge is -2.38. The molecule has 2 aromatic carbocycles. The van der Waals surface area contributed by atoms with Gasteiger partial charge in [0.25, 0.3) is 5.91 Å². The van der Waals surface area contributed by atoms with Crippen LogP contribution in [-0.4, -0.2) is 76.7 Å². The summed E-state index contributed by atoms with van der Waals surface area (Å²) >= 11 is 0. The molecule has 5 N–H and O–H groups in total. The number of carbonyl (C=O) groups excluding carboxylic acids is 2. The van der Waals surface area contributed by atoms with Gasteiger partial charge >= 0.3 is 0 Å². The van der Waals surface area contributed by atoms with E-state index >= 15 is 0 Å². The van der Waals surface area contributed by atoms with Crippen molar-refractivity contribution in [1.29, 1.82) is 0 Å². The molecule has 1 fully saturated rings. The van der Waals surface area contributed by atoms with Crippen molar-refractivity contribution in [3.63, 3.8) is 0 Å². The molecule has 1 aliphatic carbocycles. The number of hydrogen-bond donors (Lipinski definition) is 4. The summed E-state index contributed by atoms with van der Waals surface area (Å²) in [6.07, 6.45) is 6.05. The number of rotatable bonds is 15. The lowest BCUT2D eigenvalue weighted by atomic mass is 9.96. The van der Waals surface area contributed by atoms with Crippen LogP contribution in [0.2, 0.25) is 0 Å². The fraction of sp³-hybridized carbons (Fsp3) is 0.424. The molecule has 1 aliphatic rings. The van der Waals surface area contributed by atoms with E-state index < -0.39 is 62.8 Å². The minimum Gasteiger partial charge on any atom is -0.390 e. The number of benzene rings is 2. The highest BCUT2D eigenvalue weighted by Crippen LogP contribution is 2.51. The molecule has 0 aliphatic heterocycles. The standard InChI is InChI=1S/C33H39F2N5O5S/c1-4-6-12-46(44,45)20-29(37-31(42)28-13-21(3)38-39-28)32(43)40(33(10-11-33)24-9-7-8-22(5-2)14-24)19-30(41)27(36)17-23-15-25(34)18-26(35)16-23/h2,7-9,13-16,18,27,29-30,41H,4,6,10-12,17,19-20,36H2,1,3H3,(H,37,42)(H,38,39)/t27-,29+,30+/m0/s1. The maximum atomic E-state index is 14.5. The van der Waals surface area contributed by atoms with E-state index in [0.29, 0.717) is 42.5 Å². The number of H-pyrrole nitrogens is 1. The van der Waals surface area contributed by atoms with Gasteiger partial charge in [-0.15, -0.1) is 6.42 Å². The van der Waals surface area contributed by atoms with Crippen LogP contribution in [0.25, 0.3) is 0 Å². The van der Waals surface area contributed by atoms with E-state index in [4.69, 9.17) is 12.2 Å². The van der Waals surface area contributed by atoms with E-state index in [2.05, 4.69) is 21.4 Å². The molecule has 1 aromatic heterocycles. The number of amides is 2. The summed E-state index contributed by atoms with van der Waals surface area (Å²) in [4.78, 5) is 29.1. The van der Waals surface area contributed by atoms with Crippen LogP contribution < -0.4 is 11.1 Å². The van der Waals surface area contributed by atoms with Crippen molar-refractivity contribution in [2.75, 3.05) is 18.1 Å². The largest absolute Gasteiger partial charge is 0.390 e. The Hall–Kier alpha value is -4.12. The van der Waals surface area contributed by atoms with Crippen LogP contribution in [0, 0.1) is 30.9 Å². The maximum absolute atomic E-state index is 14.5. The number of hydrogen-bond acceptors (Lipinski definition) is 7. The van der Waals surface area contributed by atoms with Gasteiger partial charge in [0.1, 0.15) is 23.4 Å². The molecule has 2 amide bonds. The van der Waals surface area contributed by atoms with Crippen molar-refractivity contribution in [3.8, 4) is 12.3 Å². The maximum Gasteiger partial charge on any atom is 0.269 e. The molecule has 46 heavy (non-hydrogen) atoms. The van der Waals surface area contributed by atoms with E-state index in [-0.39, 0.29) is 30.0 Å². The summed E-state index contributed by atoms with van der Waals surface area (Å²) < 4.78 is 54.0. The first kappa shape index (κ1) is 34.7.